The van der Waals surface area contributed by atoms with Crippen LogP contribution in [-0.4, -0.2) is 0 Å². The molecule has 0 atom stereocenters. The van der Waals surface area contributed by atoms with E-state index in [4.69, 9.17) is 22.1 Å². The number of hydrogen-bond donors (Lipinski definition) is 1. The minimum absolute atomic E-state index is 0.388. The van der Waals surface area contributed by atoms with Gasteiger partial charge in [-0.1, -0.05) is 49.5 Å². The molecule has 2 N–H and O–H groups in total. The van der Waals surface area contributed by atoms with Crippen molar-refractivity contribution in [2.24, 2.45) is 0 Å². The summed E-state index contributed by atoms with van der Waals surface area (Å²) in [5.74, 6) is 0.696. The number of ether oxygens (including phenoxy) is 1. The van der Waals surface area contributed by atoms with Crippen molar-refractivity contribution in [2.75, 3.05) is 5.73 Å². The quantitative estimate of drug-likeness (QED) is 0.700. The highest BCUT2D eigenvalue weighted by molar-refractivity contribution is 9.10. The summed E-state index contributed by atoms with van der Waals surface area (Å²) >= 11 is 12.9. The summed E-state index contributed by atoms with van der Waals surface area (Å²) in [6.07, 6.45) is 0. The van der Waals surface area contributed by atoms with Crippen LogP contribution in [0.25, 0.3) is 0 Å². The molecule has 0 bridgehead atoms. The van der Waals surface area contributed by atoms with E-state index in [1.807, 2.05) is 37.3 Å². The van der Waals surface area contributed by atoms with Crippen molar-refractivity contribution in [3.63, 3.8) is 0 Å². The van der Waals surface area contributed by atoms with E-state index >= 15 is 0 Å². The summed E-state index contributed by atoms with van der Waals surface area (Å²) < 4.78 is 7.67. The molecule has 0 saturated carbocycles. The molecule has 0 saturated heterocycles. The lowest BCUT2D eigenvalue weighted by molar-refractivity contribution is 0.306. The van der Waals surface area contributed by atoms with Crippen molar-refractivity contribution < 1.29 is 4.74 Å². The maximum atomic E-state index is 6.15. The van der Waals surface area contributed by atoms with E-state index in [-0.39, 0.29) is 0 Å². The van der Waals surface area contributed by atoms with E-state index in [9.17, 15) is 0 Å². The fraction of sp³-hybridized carbons (Fsp3) is 0.143. The van der Waals surface area contributed by atoms with Crippen molar-refractivity contribution in [3.05, 3.63) is 55.4 Å². The molecule has 0 spiro atoms. The Bertz CT molecular complexity index is 593. The van der Waals surface area contributed by atoms with Crippen LogP contribution in [0.1, 0.15) is 11.1 Å². The summed E-state index contributed by atoms with van der Waals surface area (Å²) in [4.78, 5) is 0. The molecule has 0 fully saturated rings. The van der Waals surface area contributed by atoms with Crippen LogP contribution in [0.15, 0.2) is 39.3 Å². The molecule has 2 nitrogen and oxygen atoms in total. The molecular formula is C14H12Br2ClNO. The molecule has 2 rings (SSSR count). The molecule has 0 radical (unpaired) electrons. The number of benzene rings is 2. The van der Waals surface area contributed by atoms with Gasteiger partial charge in [0.2, 0.25) is 0 Å². The number of anilines is 1. The van der Waals surface area contributed by atoms with Gasteiger partial charge >= 0.3 is 0 Å². The Morgan fingerprint density at radius 1 is 1.16 bits per heavy atom. The number of rotatable bonds is 3. The zero-order valence-corrected chi connectivity index (χ0v) is 14.1. The minimum atomic E-state index is 0.388. The van der Waals surface area contributed by atoms with Crippen LogP contribution < -0.4 is 10.5 Å². The Morgan fingerprint density at radius 3 is 2.53 bits per heavy atom. The number of halogens is 3. The Balaban J connectivity index is 2.19. The molecule has 19 heavy (non-hydrogen) atoms. The van der Waals surface area contributed by atoms with Crippen molar-refractivity contribution in [1.29, 1.82) is 0 Å². The molecule has 0 aliphatic heterocycles. The second kappa shape index (κ2) is 6.16. The van der Waals surface area contributed by atoms with Gasteiger partial charge in [0, 0.05) is 19.5 Å². The summed E-state index contributed by atoms with van der Waals surface area (Å²) in [5.41, 5.74) is 8.47. The van der Waals surface area contributed by atoms with Gasteiger partial charge < -0.3 is 10.5 Å². The molecule has 2 aromatic carbocycles. The summed E-state index contributed by atoms with van der Waals surface area (Å²) in [6.45, 7) is 2.35. The van der Waals surface area contributed by atoms with Gasteiger partial charge in [0.25, 0.3) is 0 Å². The number of hydrogen-bond acceptors (Lipinski definition) is 2. The summed E-state index contributed by atoms with van der Waals surface area (Å²) in [5, 5.41) is 0.669. The lowest BCUT2D eigenvalue weighted by Gasteiger charge is -2.13. The average molecular weight is 406 g/mol. The first-order valence-electron chi connectivity index (χ1n) is 5.59. The molecule has 0 heterocycles. The predicted molar refractivity (Wildman–Crippen MR) is 86.8 cm³/mol. The summed E-state index contributed by atoms with van der Waals surface area (Å²) in [7, 11) is 0. The van der Waals surface area contributed by atoms with Gasteiger partial charge in [-0.15, -0.1) is 0 Å². The van der Waals surface area contributed by atoms with E-state index in [2.05, 4.69) is 31.9 Å². The van der Waals surface area contributed by atoms with Crippen LogP contribution >= 0.6 is 43.5 Å². The maximum Gasteiger partial charge on any atom is 0.145 e. The molecular weight excluding hydrogens is 393 g/mol. The van der Waals surface area contributed by atoms with Gasteiger partial charge in [-0.3, -0.25) is 0 Å². The summed E-state index contributed by atoms with van der Waals surface area (Å²) in [6, 6.07) is 9.50. The van der Waals surface area contributed by atoms with Gasteiger partial charge in [-0.25, -0.2) is 0 Å². The van der Waals surface area contributed by atoms with Gasteiger partial charge in [0.05, 0.1) is 5.69 Å². The van der Waals surface area contributed by atoms with Gasteiger partial charge in [-0.2, -0.15) is 0 Å². The number of nitrogen functional groups attached to an aromatic ring is 1. The first-order valence-corrected chi connectivity index (χ1v) is 7.56. The van der Waals surface area contributed by atoms with E-state index in [1.54, 1.807) is 0 Å². The van der Waals surface area contributed by atoms with E-state index in [0.29, 0.717) is 23.1 Å². The maximum absolute atomic E-state index is 6.15. The normalized spacial score (nSPS) is 10.5. The number of aryl methyl sites for hydroxylation is 1. The highest BCUT2D eigenvalue weighted by atomic mass is 79.9. The third-order valence-electron chi connectivity index (χ3n) is 2.66. The Morgan fingerprint density at radius 2 is 1.89 bits per heavy atom. The van der Waals surface area contributed by atoms with Crippen LogP contribution in [0.5, 0.6) is 5.75 Å². The molecule has 5 heteroatoms. The zero-order chi connectivity index (χ0) is 14.0. The third kappa shape index (κ3) is 3.65. The Kier molecular flexibility index (Phi) is 4.76. The van der Waals surface area contributed by atoms with Crippen LogP contribution in [0.4, 0.5) is 5.69 Å². The molecule has 0 aromatic heterocycles. The lowest BCUT2D eigenvalue weighted by Crippen LogP contribution is -2.01. The molecule has 0 amide bonds. The molecule has 2 aromatic rings. The smallest absolute Gasteiger partial charge is 0.145 e. The monoisotopic (exact) mass is 403 g/mol. The third-order valence-corrected chi connectivity index (χ3v) is 3.96. The highest BCUT2D eigenvalue weighted by Crippen LogP contribution is 2.31. The van der Waals surface area contributed by atoms with Crippen molar-refractivity contribution in [3.8, 4) is 5.75 Å². The van der Waals surface area contributed by atoms with Gasteiger partial charge in [-0.05, 0) is 36.8 Å². The minimum Gasteiger partial charge on any atom is -0.486 e. The average Bonchev–Trinajstić information content (AvgIpc) is 2.30. The first kappa shape index (κ1) is 14.7. The highest BCUT2D eigenvalue weighted by Gasteiger charge is 2.08. The fourth-order valence-corrected chi connectivity index (χ4v) is 3.06. The second-order valence-corrected chi connectivity index (χ2v) is 6.40. The van der Waals surface area contributed by atoms with Crippen molar-refractivity contribution in [2.45, 2.75) is 13.5 Å². The Hall–Kier alpha value is -0.710. The fourth-order valence-electron chi connectivity index (χ4n) is 1.74. The largest absolute Gasteiger partial charge is 0.486 e. The lowest BCUT2D eigenvalue weighted by atomic mass is 10.2. The van der Waals surface area contributed by atoms with E-state index < -0.39 is 0 Å². The van der Waals surface area contributed by atoms with Crippen LogP contribution in [0, 0.1) is 6.92 Å². The van der Waals surface area contributed by atoms with Crippen molar-refractivity contribution >= 4 is 49.1 Å². The van der Waals surface area contributed by atoms with Crippen LogP contribution in [0.2, 0.25) is 5.02 Å². The second-order valence-electron chi connectivity index (χ2n) is 4.17. The topological polar surface area (TPSA) is 35.2 Å². The zero-order valence-electron chi connectivity index (χ0n) is 10.2. The first-order chi connectivity index (χ1) is 8.97. The number of nitrogens with two attached hydrogens (primary N) is 1. The standard InChI is InChI=1S/C14H12Br2ClNO/c1-8-4-11(16)6-13(18)14(8)19-7-9-2-3-10(15)5-12(9)17/h2-6H,7,18H2,1H3. The predicted octanol–water partition coefficient (Wildman–Crippen LogP) is 5.33. The van der Waals surface area contributed by atoms with Crippen molar-refractivity contribution in [1.82, 2.24) is 0 Å². The van der Waals surface area contributed by atoms with E-state index in [0.717, 1.165) is 20.1 Å². The SMILES string of the molecule is Cc1cc(Br)cc(N)c1OCc1ccc(Br)cc1Cl. The molecule has 0 unspecified atom stereocenters. The van der Waals surface area contributed by atoms with Gasteiger partial charge in [0.1, 0.15) is 12.4 Å². The Labute approximate surface area is 134 Å². The van der Waals surface area contributed by atoms with Gasteiger partial charge in [0.15, 0.2) is 0 Å². The van der Waals surface area contributed by atoms with Crippen LogP contribution in [-0.2, 0) is 6.61 Å². The van der Waals surface area contributed by atoms with E-state index in [1.165, 1.54) is 0 Å². The van der Waals surface area contributed by atoms with Crippen LogP contribution in [0.3, 0.4) is 0 Å². The molecule has 0 aliphatic carbocycles. The molecule has 0 aliphatic rings. The molecule has 100 valence electrons.